The van der Waals surface area contributed by atoms with Crippen LogP contribution in [0.4, 0.5) is 0 Å². The van der Waals surface area contributed by atoms with Crippen molar-refractivity contribution < 1.29 is 15.2 Å². The molecule has 1 fully saturated rings. The van der Waals surface area contributed by atoms with Crippen LogP contribution in [0.15, 0.2) is 12.1 Å². The van der Waals surface area contributed by atoms with Crippen LogP contribution in [0.25, 0.3) is 0 Å². The Bertz CT molecular complexity index is 304. The van der Waals surface area contributed by atoms with Crippen molar-refractivity contribution in [2.24, 2.45) is 11.3 Å². The van der Waals surface area contributed by atoms with Crippen molar-refractivity contribution in [2.45, 2.75) is 32.3 Å². The minimum absolute atomic E-state index is 0.144. The number of aliphatic hydroxyl groups is 1. The van der Waals surface area contributed by atoms with Crippen molar-refractivity contribution in [2.75, 3.05) is 0 Å². The molecule has 1 saturated carbocycles. The highest BCUT2D eigenvalue weighted by molar-refractivity contribution is 6.47. The highest BCUT2D eigenvalue weighted by Crippen LogP contribution is 2.56. The summed E-state index contributed by atoms with van der Waals surface area (Å²) in [5.74, 6) is 0.965. The highest BCUT2D eigenvalue weighted by atomic mass is 16.4. The van der Waals surface area contributed by atoms with E-state index in [1.807, 2.05) is 13.8 Å². The van der Waals surface area contributed by atoms with E-state index in [2.05, 4.69) is 6.07 Å². The van der Waals surface area contributed by atoms with Gasteiger partial charge in [-0.3, -0.25) is 0 Å². The molecule has 0 amide bonds. The van der Waals surface area contributed by atoms with Crippen molar-refractivity contribution in [3.05, 3.63) is 12.1 Å². The predicted molar refractivity (Wildman–Crippen MR) is 56.4 cm³/mol. The zero-order valence-electron chi connectivity index (χ0n) is 9.01. The molecule has 0 unspecified atom stereocenters. The monoisotopic (exact) mass is 209 g/mol. The number of hydrogen-bond donors (Lipinski definition) is 3. The lowest BCUT2D eigenvalue weighted by Gasteiger charge is -2.33. The first kappa shape index (κ1) is 12.2. The second-order valence-corrected chi connectivity index (χ2v) is 4.45. The fraction of sp³-hybridized carbons (Fsp3) is 0.700. The molecule has 3 N–H and O–H groups in total. The van der Waals surface area contributed by atoms with Crippen LogP contribution in [0.1, 0.15) is 26.7 Å². The normalized spacial score (nSPS) is 22.5. The van der Waals surface area contributed by atoms with Gasteiger partial charge in [0.15, 0.2) is 0 Å². The summed E-state index contributed by atoms with van der Waals surface area (Å²) in [6.45, 7) is 3.62. The molecule has 5 heteroatoms. The lowest BCUT2D eigenvalue weighted by molar-refractivity contribution is -0.00493. The quantitative estimate of drug-likeness (QED) is 0.579. The summed E-state index contributed by atoms with van der Waals surface area (Å²) in [4.78, 5) is 0. The molecular weight excluding hydrogens is 193 g/mol. The second-order valence-electron chi connectivity index (χ2n) is 4.45. The minimum atomic E-state index is -1.59. The van der Waals surface area contributed by atoms with Crippen molar-refractivity contribution in [3.63, 3.8) is 0 Å². The van der Waals surface area contributed by atoms with E-state index in [4.69, 9.17) is 15.3 Å². The first-order valence-corrected chi connectivity index (χ1v) is 5.07. The van der Waals surface area contributed by atoms with E-state index in [1.165, 1.54) is 6.08 Å². The molecule has 1 aliphatic carbocycles. The van der Waals surface area contributed by atoms with Gasteiger partial charge < -0.3 is 15.2 Å². The third-order valence-electron chi connectivity index (χ3n) is 3.13. The topological polar surface area (TPSA) is 84.5 Å². The summed E-state index contributed by atoms with van der Waals surface area (Å²) < 4.78 is 0. The van der Waals surface area contributed by atoms with Gasteiger partial charge in [-0.15, -0.1) is 0 Å². The van der Waals surface area contributed by atoms with Crippen molar-refractivity contribution in [1.82, 2.24) is 0 Å². The Kier molecular flexibility index (Phi) is 3.24. The van der Waals surface area contributed by atoms with Crippen LogP contribution in [0.2, 0.25) is 0 Å². The molecule has 0 saturated heterocycles. The average Bonchev–Trinajstić information content (AvgIpc) is 2.94. The van der Waals surface area contributed by atoms with Gasteiger partial charge in [-0.1, -0.05) is 25.9 Å². The summed E-state index contributed by atoms with van der Waals surface area (Å²) in [5.41, 5.74) is -2.02. The van der Waals surface area contributed by atoms with E-state index in [-0.39, 0.29) is 5.92 Å². The molecule has 1 rings (SSSR count). The zero-order chi connectivity index (χ0) is 11.7. The molecule has 4 nitrogen and oxygen atoms in total. The van der Waals surface area contributed by atoms with Crippen LogP contribution < -0.4 is 0 Å². The maximum atomic E-state index is 10.4. The first-order valence-electron chi connectivity index (χ1n) is 5.07. The molecule has 0 aromatic heterocycles. The number of nitrogens with zero attached hydrogens (tertiary/aromatic N) is 1. The fourth-order valence-corrected chi connectivity index (χ4v) is 1.86. The van der Waals surface area contributed by atoms with Crippen LogP contribution in [0.5, 0.6) is 0 Å². The van der Waals surface area contributed by atoms with Crippen LogP contribution in [-0.2, 0) is 0 Å². The van der Waals surface area contributed by atoms with Gasteiger partial charge in [-0.2, -0.15) is 5.26 Å². The molecule has 82 valence electrons. The van der Waals surface area contributed by atoms with Gasteiger partial charge in [0.1, 0.15) is 5.60 Å². The summed E-state index contributed by atoms with van der Waals surface area (Å²) in [7, 11) is -1.59. The molecule has 15 heavy (non-hydrogen) atoms. The van der Waals surface area contributed by atoms with Crippen molar-refractivity contribution >= 4 is 7.12 Å². The van der Waals surface area contributed by atoms with E-state index < -0.39 is 18.1 Å². The van der Waals surface area contributed by atoms with E-state index >= 15 is 0 Å². The van der Waals surface area contributed by atoms with Crippen LogP contribution in [0, 0.1) is 22.7 Å². The van der Waals surface area contributed by atoms with Gasteiger partial charge in [0, 0.05) is 0 Å². The fourth-order valence-electron chi connectivity index (χ4n) is 1.86. The number of nitriles is 1. The molecule has 0 aromatic rings. The lowest BCUT2D eigenvalue weighted by Crippen LogP contribution is -2.42. The number of rotatable bonds is 4. The summed E-state index contributed by atoms with van der Waals surface area (Å²) in [6.07, 6.45) is 2.66. The van der Waals surface area contributed by atoms with E-state index in [9.17, 15) is 5.11 Å². The Balaban J connectivity index is 2.96. The highest BCUT2D eigenvalue weighted by Gasteiger charge is 2.59. The van der Waals surface area contributed by atoms with Gasteiger partial charge in [0.25, 0.3) is 0 Å². The smallest absolute Gasteiger partial charge is 0.424 e. The Labute approximate surface area is 90.0 Å². The maximum absolute atomic E-state index is 10.4. The molecule has 0 radical (unpaired) electrons. The van der Waals surface area contributed by atoms with Gasteiger partial charge >= 0.3 is 7.12 Å². The summed E-state index contributed by atoms with van der Waals surface area (Å²) in [6, 6.07) is 2.13. The Morgan fingerprint density at radius 2 is 2.00 bits per heavy atom. The second kappa shape index (κ2) is 3.97. The van der Waals surface area contributed by atoms with Gasteiger partial charge in [-0.25, -0.2) is 0 Å². The van der Waals surface area contributed by atoms with Gasteiger partial charge in [0.05, 0.1) is 11.5 Å². The van der Waals surface area contributed by atoms with E-state index in [1.54, 1.807) is 0 Å². The van der Waals surface area contributed by atoms with Crippen LogP contribution in [0.3, 0.4) is 0 Å². The molecule has 0 bridgehead atoms. The lowest BCUT2D eigenvalue weighted by atomic mass is 9.74. The van der Waals surface area contributed by atoms with Crippen molar-refractivity contribution in [3.8, 4) is 6.07 Å². The first-order chi connectivity index (χ1) is 6.88. The van der Waals surface area contributed by atoms with Gasteiger partial charge in [-0.05, 0) is 18.8 Å². The Hall–Kier alpha value is -0.825. The maximum Gasteiger partial charge on any atom is 0.480 e. The largest absolute Gasteiger partial charge is 0.480 e. The molecular formula is C10H16BNO3. The van der Waals surface area contributed by atoms with E-state index in [0.29, 0.717) is 12.8 Å². The van der Waals surface area contributed by atoms with E-state index in [0.717, 1.165) is 5.98 Å². The molecule has 0 aromatic carbocycles. The molecule has 1 atom stereocenters. The third kappa shape index (κ3) is 2.07. The van der Waals surface area contributed by atoms with Gasteiger partial charge in [0.2, 0.25) is 0 Å². The summed E-state index contributed by atoms with van der Waals surface area (Å²) in [5, 5.41) is 36.9. The molecule has 0 spiro atoms. The molecule has 0 aliphatic heterocycles. The SMILES string of the molecule is CC(C)[C@](O)(/C=C/B(O)O)C1(C#N)CC1. The number of hydrogen-bond acceptors (Lipinski definition) is 4. The average molecular weight is 209 g/mol. The molecule has 0 heterocycles. The van der Waals surface area contributed by atoms with Crippen LogP contribution in [-0.4, -0.2) is 27.9 Å². The zero-order valence-corrected chi connectivity index (χ0v) is 9.01. The Morgan fingerprint density at radius 3 is 2.27 bits per heavy atom. The Morgan fingerprint density at radius 1 is 1.47 bits per heavy atom. The van der Waals surface area contributed by atoms with Crippen molar-refractivity contribution in [1.29, 1.82) is 5.26 Å². The predicted octanol–water partition coefficient (Wildman–Crippen LogP) is 0.245. The van der Waals surface area contributed by atoms with Crippen LogP contribution >= 0.6 is 0 Å². The minimum Gasteiger partial charge on any atom is -0.424 e. The standard InChI is InChI=1S/C10H16BNO3/c1-8(2)10(13,5-6-11(14)15)9(7-12)3-4-9/h5-6,8,13-15H,3-4H2,1-2H3/b6-5+/t10-/m1/s1. The summed E-state index contributed by atoms with van der Waals surface area (Å²) >= 11 is 0. The molecule has 1 aliphatic rings. The third-order valence-corrected chi connectivity index (χ3v) is 3.13.